The van der Waals surface area contributed by atoms with Crippen molar-refractivity contribution in [2.24, 2.45) is 0 Å². The number of rotatable bonds is 5. The summed E-state index contributed by atoms with van der Waals surface area (Å²) < 4.78 is 1.17. The van der Waals surface area contributed by atoms with Crippen molar-refractivity contribution in [3.8, 4) is 0 Å². The average molecular weight is 192 g/mol. The van der Waals surface area contributed by atoms with Crippen LogP contribution in [0.2, 0.25) is 0 Å². The molecule has 74 valence electrons. The highest BCUT2D eigenvalue weighted by Gasteiger charge is 2.25. The molecule has 1 nitrogen and oxygen atoms in total. The number of quaternary nitrogens is 1. The van der Waals surface area contributed by atoms with Crippen LogP contribution >= 0.6 is 0 Å². The second kappa shape index (κ2) is 6.50. The topological polar surface area (TPSA) is 0 Å². The van der Waals surface area contributed by atoms with E-state index in [4.69, 9.17) is 0 Å². The first-order valence-corrected chi connectivity index (χ1v) is 4.65. The molecular weight excluding hydrogens is 170 g/mol. The van der Waals surface area contributed by atoms with Gasteiger partial charge in [-0.3, -0.25) is 0 Å². The molecular formula is C10H22ClN. The van der Waals surface area contributed by atoms with Crippen LogP contribution in [0.25, 0.3) is 0 Å². The summed E-state index contributed by atoms with van der Waals surface area (Å²) in [6.45, 7) is 16.5. The Morgan fingerprint density at radius 2 is 1.50 bits per heavy atom. The highest BCUT2D eigenvalue weighted by atomic mass is 35.5. The standard InChI is InChI=1S/C10H22N.ClH/c1-6-10(5)11(7-2,8-3)9-4;/h6,10H,1,7-9H2,2-5H3;1H/q+1;/p-1. The summed E-state index contributed by atoms with van der Waals surface area (Å²) in [4.78, 5) is 0. The van der Waals surface area contributed by atoms with Crippen LogP contribution < -0.4 is 12.4 Å². The molecule has 0 amide bonds. The lowest BCUT2D eigenvalue weighted by atomic mass is 10.2. The molecule has 2 heteroatoms. The lowest BCUT2D eigenvalue weighted by Gasteiger charge is -2.40. The molecule has 0 rings (SSSR count). The highest BCUT2D eigenvalue weighted by molar-refractivity contribution is 4.76. The van der Waals surface area contributed by atoms with Gasteiger partial charge in [0.25, 0.3) is 0 Å². The van der Waals surface area contributed by atoms with E-state index in [0.29, 0.717) is 6.04 Å². The maximum Gasteiger partial charge on any atom is 0.104 e. The number of likely N-dealkylation sites (N-methyl/N-ethyl adjacent to an activating group) is 1. The molecule has 0 radical (unpaired) electrons. The molecule has 0 spiro atoms. The van der Waals surface area contributed by atoms with Gasteiger partial charge in [-0.05, 0) is 33.8 Å². The van der Waals surface area contributed by atoms with Crippen LogP contribution in [0.1, 0.15) is 27.7 Å². The zero-order valence-corrected chi connectivity index (χ0v) is 9.56. The Hall–Kier alpha value is -0.0100. The number of nitrogens with zero attached hydrogens (tertiary/aromatic N) is 1. The first kappa shape index (κ1) is 14.5. The van der Waals surface area contributed by atoms with Gasteiger partial charge in [0.1, 0.15) is 6.04 Å². The van der Waals surface area contributed by atoms with E-state index in [0.717, 1.165) is 0 Å². The van der Waals surface area contributed by atoms with E-state index in [-0.39, 0.29) is 12.4 Å². The molecule has 0 heterocycles. The third kappa shape index (κ3) is 2.80. The van der Waals surface area contributed by atoms with Crippen molar-refractivity contribution in [2.75, 3.05) is 19.6 Å². The summed E-state index contributed by atoms with van der Waals surface area (Å²) in [5.41, 5.74) is 0. The zero-order valence-electron chi connectivity index (χ0n) is 8.81. The molecule has 0 aliphatic carbocycles. The van der Waals surface area contributed by atoms with Gasteiger partial charge in [0.15, 0.2) is 0 Å². The highest BCUT2D eigenvalue weighted by Crippen LogP contribution is 2.13. The molecule has 0 aromatic rings. The quantitative estimate of drug-likeness (QED) is 0.404. The van der Waals surface area contributed by atoms with E-state index in [1.807, 2.05) is 0 Å². The molecule has 0 aromatic heterocycles. The van der Waals surface area contributed by atoms with Gasteiger partial charge in [0, 0.05) is 0 Å². The molecule has 12 heavy (non-hydrogen) atoms. The molecule has 0 saturated heterocycles. The van der Waals surface area contributed by atoms with Crippen LogP contribution in [0, 0.1) is 0 Å². The van der Waals surface area contributed by atoms with Gasteiger partial charge < -0.3 is 16.9 Å². The van der Waals surface area contributed by atoms with Gasteiger partial charge in [-0.15, -0.1) is 0 Å². The van der Waals surface area contributed by atoms with Gasteiger partial charge in [0.05, 0.1) is 19.6 Å². The summed E-state index contributed by atoms with van der Waals surface area (Å²) in [6, 6.07) is 0.593. The predicted molar refractivity (Wildman–Crippen MR) is 51.5 cm³/mol. The van der Waals surface area contributed by atoms with Crippen LogP contribution in [0.15, 0.2) is 12.7 Å². The molecule has 1 atom stereocenters. The van der Waals surface area contributed by atoms with Gasteiger partial charge in [-0.1, -0.05) is 6.58 Å². The Bertz CT molecular complexity index is 111. The lowest BCUT2D eigenvalue weighted by Crippen LogP contribution is -3.00. The Labute approximate surface area is 83.5 Å². The fourth-order valence-corrected chi connectivity index (χ4v) is 1.76. The largest absolute Gasteiger partial charge is 1.00 e. The maximum absolute atomic E-state index is 3.85. The second-order valence-electron chi connectivity index (χ2n) is 3.14. The first-order valence-electron chi connectivity index (χ1n) is 4.65. The predicted octanol–water partition coefficient (Wildman–Crippen LogP) is -0.559. The molecule has 0 aliphatic heterocycles. The maximum atomic E-state index is 3.85. The normalized spacial score (nSPS) is 13.3. The van der Waals surface area contributed by atoms with Crippen LogP contribution in [0.5, 0.6) is 0 Å². The van der Waals surface area contributed by atoms with Crippen molar-refractivity contribution in [2.45, 2.75) is 33.7 Å². The monoisotopic (exact) mass is 191 g/mol. The first-order chi connectivity index (χ1) is 5.16. The molecule has 0 aliphatic rings. The summed E-state index contributed by atoms with van der Waals surface area (Å²) in [7, 11) is 0. The van der Waals surface area contributed by atoms with Gasteiger partial charge in [0.2, 0.25) is 0 Å². The molecule has 1 unspecified atom stereocenters. The van der Waals surface area contributed by atoms with E-state index in [1.54, 1.807) is 0 Å². The summed E-state index contributed by atoms with van der Waals surface area (Å²) in [6.07, 6.45) is 2.07. The summed E-state index contributed by atoms with van der Waals surface area (Å²) in [5, 5.41) is 0. The van der Waals surface area contributed by atoms with Crippen molar-refractivity contribution in [3.05, 3.63) is 12.7 Å². The Morgan fingerprint density at radius 3 is 1.58 bits per heavy atom. The average Bonchev–Trinajstić information content (AvgIpc) is 2.08. The Balaban J connectivity index is 0. The van der Waals surface area contributed by atoms with E-state index in [9.17, 15) is 0 Å². The van der Waals surface area contributed by atoms with Crippen molar-refractivity contribution in [1.82, 2.24) is 0 Å². The van der Waals surface area contributed by atoms with Crippen LogP contribution in [0.3, 0.4) is 0 Å². The van der Waals surface area contributed by atoms with Crippen molar-refractivity contribution in [3.63, 3.8) is 0 Å². The molecule has 0 fully saturated rings. The second-order valence-corrected chi connectivity index (χ2v) is 3.14. The Kier molecular flexibility index (Phi) is 7.86. The minimum Gasteiger partial charge on any atom is -1.00 e. The van der Waals surface area contributed by atoms with Gasteiger partial charge >= 0.3 is 0 Å². The molecule has 0 saturated carbocycles. The minimum absolute atomic E-state index is 0. The van der Waals surface area contributed by atoms with Crippen LogP contribution in [0.4, 0.5) is 0 Å². The Morgan fingerprint density at radius 1 is 1.17 bits per heavy atom. The van der Waals surface area contributed by atoms with Crippen molar-refractivity contribution >= 4 is 0 Å². The number of hydrogen-bond acceptors (Lipinski definition) is 0. The SMILES string of the molecule is C=CC(C)[N+](CC)(CC)CC.[Cl-]. The summed E-state index contributed by atoms with van der Waals surface area (Å²) in [5.74, 6) is 0. The van der Waals surface area contributed by atoms with E-state index < -0.39 is 0 Å². The third-order valence-corrected chi connectivity index (χ3v) is 3.09. The minimum atomic E-state index is 0. The van der Waals surface area contributed by atoms with E-state index in [2.05, 4.69) is 40.3 Å². The smallest absolute Gasteiger partial charge is 0.104 e. The van der Waals surface area contributed by atoms with E-state index >= 15 is 0 Å². The van der Waals surface area contributed by atoms with Gasteiger partial charge in [-0.25, -0.2) is 0 Å². The van der Waals surface area contributed by atoms with Crippen LogP contribution in [-0.4, -0.2) is 30.2 Å². The van der Waals surface area contributed by atoms with Crippen molar-refractivity contribution < 1.29 is 16.9 Å². The fourth-order valence-electron chi connectivity index (χ4n) is 1.76. The number of hydrogen-bond donors (Lipinski definition) is 0. The van der Waals surface area contributed by atoms with E-state index in [1.165, 1.54) is 24.1 Å². The number of halogens is 1. The zero-order chi connectivity index (χ0) is 8.91. The third-order valence-electron chi connectivity index (χ3n) is 3.09. The molecule has 0 N–H and O–H groups in total. The summed E-state index contributed by atoms with van der Waals surface area (Å²) >= 11 is 0. The van der Waals surface area contributed by atoms with Gasteiger partial charge in [-0.2, -0.15) is 0 Å². The molecule has 0 bridgehead atoms. The van der Waals surface area contributed by atoms with Crippen molar-refractivity contribution in [1.29, 1.82) is 0 Å². The fraction of sp³-hybridized carbons (Fsp3) is 0.800. The molecule has 0 aromatic carbocycles. The van der Waals surface area contributed by atoms with Crippen LogP contribution in [-0.2, 0) is 0 Å². The lowest BCUT2D eigenvalue weighted by molar-refractivity contribution is -0.938.